The zero-order chi connectivity index (χ0) is 37.0. The van der Waals surface area contributed by atoms with Crippen molar-refractivity contribution in [2.24, 2.45) is 5.41 Å². The van der Waals surface area contributed by atoms with Crippen molar-refractivity contribution in [2.75, 3.05) is 59.6 Å². The first kappa shape index (κ1) is 52.2. The van der Waals surface area contributed by atoms with Gasteiger partial charge in [-0.05, 0) is 81.8 Å². The van der Waals surface area contributed by atoms with E-state index in [4.69, 9.17) is 18.8 Å². The molecule has 0 spiro atoms. The van der Waals surface area contributed by atoms with E-state index in [1.807, 2.05) is 27.7 Å². The third kappa shape index (κ3) is 34.1. The van der Waals surface area contributed by atoms with Crippen LogP contribution in [0.4, 0.5) is 8.39 Å². The SMILES string of the molecule is CC(C)OP(C)(=O)F.CC(OP(C)(=O)F)C(C)(C)C.CCOP(=O)(C#N)N(C)C.CCOP(C)(=O)SCCN(C(C)C)C(C)C. The van der Waals surface area contributed by atoms with Crippen LogP contribution in [-0.2, 0) is 36.4 Å². The highest BCUT2D eigenvalue weighted by atomic mass is 32.7. The minimum atomic E-state index is -3.82. The molecule has 11 nitrogen and oxygen atoms in total. The summed E-state index contributed by atoms with van der Waals surface area (Å²) in [5.41, 5.74) is -0.169. The van der Waals surface area contributed by atoms with Gasteiger partial charge >= 0.3 is 22.9 Å². The fourth-order valence-corrected chi connectivity index (χ4v) is 8.32. The van der Waals surface area contributed by atoms with Crippen LogP contribution in [-0.4, -0.2) is 93.5 Å². The molecule has 0 saturated carbocycles. The van der Waals surface area contributed by atoms with Gasteiger partial charge in [-0.15, -0.1) is 0 Å². The van der Waals surface area contributed by atoms with E-state index >= 15 is 0 Å². The van der Waals surface area contributed by atoms with Gasteiger partial charge in [0, 0.05) is 44.4 Å². The molecule has 0 radical (unpaired) electrons. The molecule has 0 bridgehead atoms. The van der Waals surface area contributed by atoms with Crippen LogP contribution in [0.3, 0.4) is 0 Å². The molecule has 18 heteroatoms. The Morgan fingerprint density at radius 1 is 0.800 bits per heavy atom. The highest BCUT2D eigenvalue weighted by Gasteiger charge is 2.27. The van der Waals surface area contributed by atoms with Gasteiger partial charge in [0.15, 0.2) is 5.81 Å². The van der Waals surface area contributed by atoms with Crippen molar-refractivity contribution in [3.05, 3.63) is 0 Å². The van der Waals surface area contributed by atoms with Gasteiger partial charge in [-0.2, -0.15) is 13.7 Å². The quantitative estimate of drug-likeness (QED) is 0.147. The molecule has 0 N–H and O–H groups in total. The maximum absolute atomic E-state index is 12.5. The molecule has 0 fully saturated rings. The van der Waals surface area contributed by atoms with E-state index in [0.29, 0.717) is 25.3 Å². The lowest BCUT2D eigenvalue weighted by molar-refractivity contribution is 0.0988. The summed E-state index contributed by atoms with van der Waals surface area (Å²) in [4.78, 5) is 2.40. The summed E-state index contributed by atoms with van der Waals surface area (Å²) < 4.78 is 88.6. The van der Waals surface area contributed by atoms with Crippen molar-refractivity contribution in [1.29, 1.82) is 5.26 Å². The Labute approximate surface area is 278 Å². The Morgan fingerprint density at radius 3 is 1.38 bits per heavy atom. The van der Waals surface area contributed by atoms with Gasteiger partial charge in [-0.1, -0.05) is 32.2 Å². The second-order valence-electron chi connectivity index (χ2n) is 12.1. The average molecular weight is 752 g/mol. The Balaban J connectivity index is -0.000000258. The first-order chi connectivity index (χ1) is 19.9. The molecule has 0 aliphatic rings. The van der Waals surface area contributed by atoms with Crippen molar-refractivity contribution < 1.29 is 44.7 Å². The van der Waals surface area contributed by atoms with Crippen LogP contribution >= 0.6 is 40.8 Å². The average Bonchev–Trinajstić information content (AvgIpc) is 2.79. The van der Waals surface area contributed by atoms with Gasteiger partial charge < -0.3 is 18.1 Å². The smallest absolute Gasteiger partial charge is 0.322 e. The Hall–Kier alpha value is 0.380. The lowest BCUT2D eigenvalue weighted by Crippen LogP contribution is -2.38. The molecule has 0 aliphatic heterocycles. The molecule has 0 aliphatic carbocycles. The standard InChI is InChI=1S/C11H26NO2PS.C7H16FO2P.C5H11N2O2P.C4H10FO2P/c1-7-14-15(6,13)16-9-8-12(10(2)3)11(4)5;1-6(7(2,3)4)10-11(5,8)9;1-4-9-10(8,5-6)7(2)3;1-4(2)7-8(3,5)6/h10-11H,7-9H2,1-6H3;6H,1-5H3;4H2,1-3H3;4H,1-3H3. The van der Waals surface area contributed by atoms with Gasteiger partial charge in [-0.25, -0.2) is 4.67 Å². The number of nitrogens with zero attached hydrogens (tertiary/aromatic N) is 3. The van der Waals surface area contributed by atoms with E-state index in [2.05, 4.69) is 37.1 Å². The third-order valence-electron chi connectivity index (χ3n) is 5.29. The summed E-state index contributed by atoms with van der Waals surface area (Å²) in [6.45, 7) is 26.1. The van der Waals surface area contributed by atoms with Crippen LogP contribution in [0.15, 0.2) is 0 Å². The molecule has 0 aromatic rings. The molecule has 45 heavy (non-hydrogen) atoms. The maximum atomic E-state index is 12.5. The molecule has 0 heterocycles. The van der Waals surface area contributed by atoms with E-state index in [0.717, 1.165) is 25.6 Å². The van der Waals surface area contributed by atoms with E-state index in [1.165, 1.54) is 16.1 Å². The summed E-state index contributed by atoms with van der Waals surface area (Å²) in [6, 6.07) is 1.06. The van der Waals surface area contributed by atoms with Gasteiger partial charge in [-0.3, -0.25) is 23.2 Å². The summed E-state index contributed by atoms with van der Waals surface area (Å²) in [5, 5.41) is 8.41. The van der Waals surface area contributed by atoms with E-state index in [-0.39, 0.29) is 17.6 Å². The summed E-state index contributed by atoms with van der Waals surface area (Å²) in [7, 11) is -7.56. The third-order valence-corrected chi connectivity index (χ3v) is 12.5. The summed E-state index contributed by atoms with van der Waals surface area (Å²) >= 11 is 1.46. The molecule has 274 valence electrons. The largest absolute Gasteiger partial charge is 0.370 e. The first-order valence-electron chi connectivity index (χ1n) is 14.8. The molecular weight excluding hydrogens is 688 g/mol. The molecule has 5 unspecified atom stereocenters. The molecular formula is C27H63F2N3O8P4S. The van der Waals surface area contributed by atoms with E-state index < -0.39 is 29.4 Å². The van der Waals surface area contributed by atoms with Gasteiger partial charge in [0.25, 0.3) is 6.57 Å². The second kappa shape index (κ2) is 24.5. The fourth-order valence-electron chi connectivity index (χ4n) is 2.92. The fraction of sp³-hybridized carbons (Fsp3) is 0.963. The van der Waals surface area contributed by atoms with E-state index in [9.17, 15) is 26.7 Å². The minimum Gasteiger partial charge on any atom is -0.322 e. The molecule has 5 atom stereocenters. The highest BCUT2D eigenvalue weighted by molar-refractivity contribution is 8.56. The predicted molar refractivity (Wildman–Crippen MR) is 189 cm³/mol. The maximum Gasteiger partial charge on any atom is 0.370 e. The summed E-state index contributed by atoms with van der Waals surface area (Å²) in [6.07, 6.45) is -0.626. The number of nitriles is 1. The Bertz CT molecular complexity index is 1000. The van der Waals surface area contributed by atoms with Gasteiger partial charge in [0.2, 0.25) is 0 Å². The summed E-state index contributed by atoms with van der Waals surface area (Å²) in [5.74, 6) is 2.50. The number of halogens is 2. The molecule has 0 aromatic carbocycles. The number of rotatable bonds is 15. The van der Waals surface area contributed by atoms with Crippen molar-refractivity contribution in [3.63, 3.8) is 0 Å². The van der Waals surface area contributed by atoms with Crippen molar-refractivity contribution in [2.45, 2.75) is 107 Å². The molecule has 0 aromatic heterocycles. The lowest BCUT2D eigenvalue weighted by Gasteiger charge is -2.30. The van der Waals surface area contributed by atoms with Crippen molar-refractivity contribution in [3.8, 4) is 5.81 Å². The zero-order valence-corrected chi connectivity index (χ0v) is 35.1. The van der Waals surface area contributed by atoms with Crippen molar-refractivity contribution >= 4 is 40.8 Å². The van der Waals surface area contributed by atoms with Crippen LogP contribution in [0, 0.1) is 16.5 Å². The number of hydrogen-bond donors (Lipinski definition) is 0. The van der Waals surface area contributed by atoms with E-state index in [1.54, 1.807) is 54.3 Å². The zero-order valence-electron chi connectivity index (χ0n) is 30.7. The van der Waals surface area contributed by atoms with Gasteiger partial charge in [0.05, 0.1) is 25.4 Å². The molecule has 0 saturated heterocycles. The van der Waals surface area contributed by atoms with Gasteiger partial charge in [0.1, 0.15) is 0 Å². The number of hydrogen-bond acceptors (Lipinski definition) is 11. The topological polar surface area (TPSA) is 135 Å². The predicted octanol–water partition coefficient (Wildman–Crippen LogP) is 10.4. The van der Waals surface area contributed by atoms with Crippen LogP contribution in [0.25, 0.3) is 0 Å². The first-order valence-corrected chi connectivity index (χ1v) is 23.9. The molecule has 0 amide bonds. The highest BCUT2D eigenvalue weighted by Crippen LogP contribution is 2.56. The normalized spacial score (nSPS) is 17.8. The Morgan fingerprint density at radius 2 is 1.20 bits per heavy atom. The molecule has 0 rings (SSSR count). The monoisotopic (exact) mass is 751 g/mol. The minimum absolute atomic E-state index is 0.169. The van der Waals surface area contributed by atoms with Crippen LogP contribution in [0.2, 0.25) is 0 Å². The van der Waals surface area contributed by atoms with Crippen LogP contribution < -0.4 is 0 Å². The lowest BCUT2D eigenvalue weighted by atomic mass is 9.91. The van der Waals surface area contributed by atoms with Crippen LogP contribution in [0.5, 0.6) is 0 Å². The Kier molecular flexibility index (Phi) is 28.4. The second-order valence-corrected chi connectivity index (χ2v) is 23.0. The van der Waals surface area contributed by atoms with Crippen molar-refractivity contribution in [1.82, 2.24) is 9.57 Å². The van der Waals surface area contributed by atoms with Crippen LogP contribution in [0.1, 0.15) is 83.1 Å².